The van der Waals surface area contributed by atoms with Gasteiger partial charge in [0.2, 0.25) is 5.91 Å². The van der Waals surface area contributed by atoms with Gasteiger partial charge >= 0.3 is 0 Å². The Balaban J connectivity index is 1.70. The maximum atomic E-state index is 12.2. The van der Waals surface area contributed by atoms with Gasteiger partial charge in [-0.2, -0.15) is 0 Å². The van der Waals surface area contributed by atoms with Crippen LogP contribution in [0.3, 0.4) is 0 Å². The molecule has 0 saturated carbocycles. The molecule has 0 aliphatic carbocycles. The molecule has 1 amide bonds. The van der Waals surface area contributed by atoms with Gasteiger partial charge in [-0.05, 0) is 49.8 Å². The minimum Gasteiger partial charge on any atom is -0.355 e. The Hall–Kier alpha value is -1.89. The molecule has 0 fully saturated rings. The van der Waals surface area contributed by atoms with E-state index in [2.05, 4.69) is 22.3 Å². The van der Waals surface area contributed by atoms with Crippen LogP contribution in [0, 0.1) is 0 Å². The third-order valence-electron chi connectivity index (χ3n) is 3.83. The van der Waals surface area contributed by atoms with Gasteiger partial charge in [-0.15, -0.1) is 0 Å². The molecule has 0 aliphatic heterocycles. The van der Waals surface area contributed by atoms with Gasteiger partial charge in [0.25, 0.3) is 0 Å². The van der Waals surface area contributed by atoms with E-state index < -0.39 is 21.5 Å². The number of nitrogens with one attached hydrogen (secondary N) is 1. The lowest BCUT2D eigenvalue weighted by Gasteiger charge is -2.16. The summed E-state index contributed by atoms with van der Waals surface area (Å²) in [6.45, 7) is 2.08. The summed E-state index contributed by atoms with van der Waals surface area (Å²) < 4.78 is 24.4. The van der Waals surface area contributed by atoms with Crippen molar-refractivity contribution in [1.29, 1.82) is 0 Å². The zero-order valence-corrected chi connectivity index (χ0v) is 16.3. The molecule has 0 saturated heterocycles. The van der Waals surface area contributed by atoms with Crippen molar-refractivity contribution in [2.45, 2.75) is 17.9 Å². The monoisotopic (exact) mass is 394 g/mol. The molecule has 1 N–H and O–H groups in total. The van der Waals surface area contributed by atoms with E-state index in [1.807, 2.05) is 25.2 Å². The largest absolute Gasteiger partial charge is 0.355 e. The Morgan fingerprint density at radius 2 is 1.73 bits per heavy atom. The SMILES string of the molecule is CN(CCCNC(=O)CS(=O)(=O)c1ccc(Cl)cc1)Cc1ccccc1. The average molecular weight is 395 g/mol. The summed E-state index contributed by atoms with van der Waals surface area (Å²) >= 11 is 5.75. The summed E-state index contributed by atoms with van der Waals surface area (Å²) in [6, 6.07) is 15.9. The van der Waals surface area contributed by atoms with Crippen LogP contribution in [-0.2, 0) is 21.2 Å². The first-order valence-electron chi connectivity index (χ1n) is 8.34. The number of amides is 1. The smallest absolute Gasteiger partial charge is 0.235 e. The highest BCUT2D eigenvalue weighted by molar-refractivity contribution is 7.92. The second-order valence-electron chi connectivity index (χ2n) is 6.14. The second kappa shape index (κ2) is 9.71. The molecule has 2 rings (SSSR count). The standard InChI is InChI=1S/C19H23ClN2O3S/c1-22(14-16-6-3-2-4-7-16)13-5-12-21-19(23)15-26(24,25)18-10-8-17(20)9-11-18/h2-4,6-11H,5,12-15H2,1H3,(H,21,23). The zero-order valence-electron chi connectivity index (χ0n) is 14.7. The van der Waals surface area contributed by atoms with E-state index in [4.69, 9.17) is 11.6 Å². The Morgan fingerprint density at radius 3 is 2.38 bits per heavy atom. The van der Waals surface area contributed by atoms with E-state index in [0.717, 1.165) is 19.5 Å². The van der Waals surface area contributed by atoms with Gasteiger partial charge in [0.15, 0.2) is 9.84 Å². The molecule has 26 heavy (non-hydrogen) atoms. The van der Waals surface area contributed by atoms with Crippen LogP contribution < -0.4 is 5.32 Å². The van der Waals surface area contributed by atoms with Crippen LogP contribution in [-0.4, -0.2) is 45.1 Å². The van der Waals surface area contributed by atoms with Gasteiger partial charge in [0.05, 0.1) is 4.90 Å². The molecule has 0 bridgehead atoms. The highest BCUT2D eigenvalue weighted by atomic mass is 35.5. The normalized spacial score (nSPS) is 11.5. The van der Waals surface area contributed by atoms with E-state index in [0.29, 0.717) is 11.6 Å². The van der Waals surface area contributed by atoms with Crippen LogP contribution in [0.25, 0.3) is 0 Å². The second-order valence-corrected chi connectivity index (χ2v) is 8.57. The minimum absolute atomic E-state index is 0.0969. The maximum Gasteiger partial charge on any atom is 0.235 e. The Labute approximate surface area is 159 Å². The van der Waals surface area contributed by atoms with Crippen LogP contribution in [0.1, 0.15) is 12.0 Å². The molecule has 0 radical (unpaired) electrons. The summed E-state index contributed by atoms with van der Waals surface area (Å²) in [5, 5.41) is 3.12. The third-order valence-corrected chi connectivity index (χ3v) is 5.71. The number of carbonyl (C=O) groups excluding carboxylic acids is 1. The topological polar surface area (TPSA) is 66.5 Å². The van der Waals surface area contributed by atoms with Crippen LogP contribution >= 0.6 is 11.6 Å². The number of nitrogens with zero attached hydrogens (tertiary/aromatic N) is 1. The first kappa shape index (κ1) is 20.4. The third kappa shape index (κ3) is 6.78. The summed E-state index contributed by atoms with van der Waals surface area (Å²) in [7, 11) is -1.64. The van der Waals surface area contributed by atoms with E-state index >= 15 is 0 Å². The number of benzene rings is 2. The predicted octanol–water partition coefficient (Wildman–Crippen LogP) is 2.75. The van der Waals surface area contributed by atoms with E-state index in [1.54, 1.807) is 0 Å². The molecule has 2 aromatic carbocycles. The highest BCUT2D eigenvalue weighted by Gasteiger charge is 2.18. The minimum atomic E-state index is -3.65. The first-order chi connectivity index (χ1) is 12.4. The molecule has 0 atom stereocenters. The van der Waals surface area contributed by atoms with Crippen LogP contribution in [0.15, 0.2) is 59.5 Å². The van der Waals surface area contributed by atoms with Crippen LogP contribution in [0.5, 0.6) is 0 Å². The molecule has 0 spiro atoms. The molecule has 2 aromatic rings. The fourth-order valence-electron chi connectivity index (χ4n) is 2.50. The first-order valence-corrected chi connectivity index (χ1v) is 10.4. The van der Waals surface area contributed by atoms with Crippen molar-refractivity contribution in [3.63, 3.8) is 0 Å². The number of hydrogen-bond donors (Lipinski definition) is 1. The number of sulfone groups is 1. The fraction of sp³-hybridized carbons (Fsp3) is 0.316. The number of rotatable bonds is 9. The highest BCUT2D eigenvalue weighted by Crippen LogP contribution is 2.15. The van der Waals surface area contributed by atoms with E-state index in [-0.39, 0.29) is 4.90 Å². The van der Waals surface area contributed by atoms with E-state index in [9.17, 15) is 13.2 Å². The van der Waals surface area contributed by atoms with Gasteiger partial charge in [-0.3, -0.25) is 4.79 Å². The molecule has 7 heteroatoms. The van der Waals surface area contributed by atoms with Crippen molar-refractivity contribution >= 4 is 27.3 Å². The van der Waals surface area contributed by atoms with Gasteiger partial charge < -0.3 is 10.2 Å². The van der Waals surface area contributed by atoms with Gasteiger partial charge in [-0.1, -0.05) is 41.9 Å². The molecule has 140 valence electrons. The van der Waals surface area contributed by atoms with Crippen molar-refractivity contribution in [2.75, 3.05) is 25.9 Å². The number of carbonyl (C=O) groups is 1. The Morgan fingerprint density at radius 1 is 1.08 bits per heavy atom. The molecular weight excluding hydrogens is 372 g/mol. The van der Waals surface area contributed by atoms with E-state index in [1.165, 1.54) is 29.8 Å². The van der Waals surface area contributed by atoms with Gasteiger partial charge in [-0.25, -0.2) is 8.42 Å². The lowest BCUT2D eigenvalue weighted by atomic mass is 10.2. The lowest BCUT2D eigenvalue weighted by Crippen LogP contribution is -2.32. The lowest BCUT2D eigenvalue weighted by molar-refractivity contribution is -0.118. The summed E-state index contributed by atoms with van der Waals surface area (Å²) in [5.41, 5.74) is 1.23. The molecule has 0 aliphatic rings. The Kier molecular flexibility index (Phi) is 7.63. The summed E-state index contributed by atoms with van der Waals surface area (Å²) in [6.07, 6.45) is 0.746. The van der Waals surface area contributed by atoms with Crippen LogP contribution in [0.4, 0.5) is 0 Å². The molecule has 0 heterocycles. The number of hydrogen-bond acceptors (Lipinski definition) is 4. The summed E-state index contributed by atoms with van der Waals surface area (Å²) in [5.74, 6) is -1.06. The molecular formula is C19H23ClN2O3S. The van der Waals surface area contributed by atoms with Crippen molar-refractivity contribution in [1.82, 2.24) is 10.2 Å². The van der Waals surface area contributed by atoms with Gasteiger partial charge in [0.1, 0.15) is 5.75 Å². The maximum absolute atomic E-state index is 12.2. The van der Waals surface area contributed by atoms with Crippen molar-refractivity contribution in [3.05, 3.63) is 65.2 Å². The molecule has 0 unspecified atom stereocenters. The Bertz CT molecular complexity index is 808. The summed E-state index contributed by atoms with van der Waals surface area (Å²) in [4.78, 5) is 14.2. The van der Waals surface area contributed by atoms with Crippen molar-refractivity contribution in [3.8, 4) is 0 Å². The van der Waals surface area contributed by atoms with Crippen molar-refractivity contribution in [2.24, 2.45) is 0 Å². The zero-order chi connectivity index (χ0) is 19.0. The average Bonchev–Trinajstić information content (AvgIpc) is 2.59. The molecule has 0 aromatic heterocycles. The quantitative estimate of drug-likeness (QED) is 0.664. The molecule has 5 nitrogen and oxygen atoms in total. The predicted molar refractivity (Wildman–Crippen MR) is 104 cm³/mol. The van der Waals surface area contributed by atoms with Crippen LogP contribution in [0.2, 0.25) is 5.02 Å². The number of halogens is 1. The fourth-order valence-corrected chi connectivity index (χ4v) is 3.79. The van der Waals surface area contributed by atoms with Gasteiger partial charge in [0, 0.05) is 18.1 Å². The van der Waals surface area contributed by atoms with Crippen molar-refractivity contribution < 1.29 is 13.2 Å².